The standard InChI is InChI=1S/C11H13BrN2O3S2/c1-6-7(2)17-11(14-6)5-13-19(15,16)9-4-10(12)18-8(9)3/h4,13H,5H2,1-3H3. The number of halogens is 1. The van der Waals surface area contributed by atoms with Crippen LogP contribution in [0, 0.1) is 20.8 Å². The van der Waals surface area contributed by atoms with Crippen molar-refractivity contribution < 1.29 is 12.8 Å². The lowest BCUT2D eigenvalue weighted by atomic mass is 10.4. The van der Waals surface area contributed by atoms with Crippen LogP contribution in [0.1, 0.15) is 22.2 Å². The number of oxazole rings is 1. The molecule has 0 saturated heterocycles. The van der Waals surface area contributed by atoms with Gasteiger partial charge in [0.25, 0.3) is 0 Å². The van der Waals surface area contributed by atoms with E-state index < -0.39 is 10.0 Å². The van der Waals surface area contributed by atoms with Gasteiger partial charge in [-0.2, -0.15) is 0 Å². The first kappa shape index (κ1) is 14.7. The largest absolute Gasteiger partial charge is 0.444 e. The molecule has 8 heteroatoms. The molecule has 5 nitrogen and oxygen atoms in total. The second kappa shape index (κ2) is 5.35. The molecule has 2 rings (SSSR count). The van der Waals surface area contributed by atoms with Gasteiger partial charge in [-0.25, -0.2) is 18.1 Å². The van der Waals surface area contributed by atoms with Crippen molar-refractivity contribution in [1.82, 2.24) is 9.71 Å². The summed E-state index contributed by atoms with van der Waals surface area (Å²) < 4.78 is 32.9. The Morgan fingerprint density at radius 2 is 2.11 bits per heavy atom. The molecule has 0 bridgehead atoms. The van der Waals surface area contributed by atoms with Crippen molar-refractivity contribution in [2.45, 2.75) is 32.2 Å². The van der Waals surface area contributed by atoms with E-state index in [1.165, 1.54) is 11.3 Å². The van der Waals surface area contributed by atoms with Gasteiger partial charge in [-0.15, -0.1) is 11.3 Å². The van der Waals surface area contributed by atoms with Gasteiger partial charge in [0, 0.05) is 4.88 Å². The fourth-order valence-corrected chi connectivity index (χ4v) is 4.93. The zero-order chi connectivity index (χ0) is 14.2. The summed E-state index contributed by atoms with van der Waals surface area (Å²) in [6.45, 7) is 5.42. The molecule has 0 aromatic carbocycles. The van der Waals surface area contributed by atoms with E-state index in [4.69, 9.17) is 4.42 Å². The monoisotopic (exact) mass is 364 g/mol. The molecule has 0 atom stereocenters. The molecular weight excluding hydrogens is 352 g/mol. The smallest absolute Gasteiger partial charge is 0.242 e. The average Bonchev–Trinajstić information content (AvgIpc) is 2.80. The maximum absolute atomic E-state index is 12.1. The summed E-state index contributed by atoms with van der Waals surface area (Å²) in [5.74, 6) is 1.06. The van der Waals surface area contributed by atoms with Crippen LogP contribution in [0.5, 0.6) is 0 Å². The van der Waals surface area contributed by atoms with Crippen LogP contribution in [-0.2, 0) is 16.6 Å². The van der Waals surface area contributed by atoms with Gasteiger partial charge >= 0.3 is 0 Å². The van der Waals surface area contributed by atoms with Crippen molar-refractivity contribution in [2.24, 2.45) is 0 Å². The van der Waals surface area contributed by atoms with Gasteiger partial charge in [0.15, 0.2) is 0 Å². The van der Waals surface area contributed by atoms with E-state index in [9.17, 15) is 8.42 Å². The Morgan fingerprint density at radius 3 is 2.58 bits per heavy atom. The lowest BCUT2D eigenvalue weighted by Gasteiger charge is -2.03. The van der Waals surface area contributed by atoms with Crippen LogP contribution in [-0.4, -0.2) is 13.4 Å². The lowest BCUT2D eigenvalue weighted by molar-refractivity contribution is 0.463. The second-order valence-corrected chi connectivity index (χ2v) is 8.42. The minimum atomic E-state index is -3.54. The van der Waals surface area contributed by atoms with Gasteiger partial charge in [-0.05, 0) is 42.8 Å². The number of nitrogens with zero attached hydrogens (tertiary/aromatic N) is 1. The molecule has 0 radical (unpaired) electrons. The number of aryl methyl sites for hydroxylation is 3. The van der Waals surface area contributed by atoms with Gasteiger partial charge < -0.3 is 4.42 Å². The Labute approximate surface area is 124 Å². The zero-order valence-electron chi connectivity index (χ0n) is 10.7. The predicted octanol–water partition coefficient (Wildman–Crippen LogP) is 2.90. The number of thiophene rings is 1. The third kappa shape index (κ3) is 3.25. The maximum atomic E-state index is 12.1. The van der Waals surface area contributed by atoms with Crippen molar-refractivity contribution in [3.63, 3.8) is 0 Å². The number of rotatable bonds is 4. The van der Waals surface area contributed by atoms with Crippen LogP contribution < -0.4 is 4.72 Å². The molecule has 19 heavy (non-hydrogen) atoms. The molecule has 2 aromatic heterocycles. The van der Waals surface area contributed by atoms with E-state index in [1.54, 1.807) is 19.9 Å². The molecule has 0 aliphatic heterocycles. The maximum Gasteiger partial charge on any atom is 0.242 e. The second-order valence-electron chi connectivity index (χ2n) is 4.04. The van der Waals surface area contributed by atoms with Crippen LogP contribution in [0.15, 0.2) is 19.2 Å². The van der Waals surface area contributed by atoms with Gasteiger partial charge in [-0.3, -0.25) is 0 Å². The van der Waals surface area contributed by atoms with Gasteiger partial charge in [-0.1, -0.05) is 0 Å². The Morgan fingerprint density at radius 1 is 1.42 bits per heavy atom. The highest BCUT2D eigenvalue weighted by Gasteiger charge is 2.20. The van der Waals surface area contributed by atoms with Crippen LogP contribution in [0.3, 0.4) is 0 Å². The molecule has 0 unspecified atom stereocenters. The molecule has 0 spiro atoms. The molecule has 2 aromatic rings. The first-order valence-corrected chi connectivity index (χ1v) is 8.57. The summed E-state index contributed by atoms with van der Waals surface area (Å²) in [7, 11) is -3.54. The SMILES string of the molecule is Cc1nc(CNS(=O)(=O)c2cc(Br)sc2C)oc1C. The third-order valence-corrected chi connectivity index (χ3v) is 5.83. The number of hydrogen-bond acceptors (Lipinski definition) is 5. The highest BCUT2D eigenvalue weighted by atomic mass is 79.9. The molecule has 0 amide bonds. The average molecular weight is 365 g/mol. The minimum absolute atomic E-state index is 0.0456. The Bertz CT molecular complexity index is 684. The van der Waals surface area contributed by atoms with Crippen LogP contribution in [0.25, 0.3) is 0 Å². The van der Waals surface area contributed by atoms with E-state index in [0.717, 1.165) is 14.4 Å². The summed E-state index contributed by atoms with van der Waals surface area (Å²) in [5, 5.41) is 0. The zero-order valence-corrected chi connectivity index (χ0v) is 13.9. The van der Waals surface area contributed by atoms with Crippen molar-refractivity contribution in [2.75, 3.05) is 0 Å². The third-order valence-electron chi connectivity index (χ3n) is 2.62. The molecule has 1 N–H and O–H groups in total. The minimum Gasteiger partial charge on any atom is -0.444 e. The summed E-state index contributed by atoms with van der Waals surface area (Å²) in [4.78, 5) is 5.15. The van der Waals surface area contributed by atoms with E-state index >= 15 is 0 Å². The van der Waals surface area contributed by atoms with E-state index in [1.807, 2.05) is 6.92 Å². The van der Waals surface area contributed by atoms with E-state index in [2.05, 4.69) is 25.6 Å². The number of nitrogens with one attached hydrogen (secondary N) is 1. The number of hydrogen-bond donors (Lipinski definition) is 1. The fraction of sp³-hybridized carbons (Fsp3) is 0.364. The molecule has 0 fully saturated rings. The Balaban J connectivity index is 2.16. The molecule has 0 saturated carbocycles. The first-order chi connectivity index (χ1) is 8.79. The number of sulfonamides is 1. The lowest BCUT2D eigenvalue weighted by Crippen LogP contribution is -2.23. The van der Waals surface area contributed by atoms with Crippen molar-refractivity contribution in [1.29, 1.82) is 0 Å². The van der Waals surface area contributed by atoms with E-state index in [0.29, 0.717) is 11.7 Å². The number of aromatic nitrogens is 1. The topological polar surface area (TPSA) is 72.2 Å². The highest BCUT2D eigenvalue weighted by molar-refractivity contribution is 9.11. The summed E-state index contributed by atoms with van der Waals surface area (Å²) in [6, 6.07) is 1.59. The summed E-state index contributed by atoms with van der Waals surface area (Å²) >= 11 is 4.66. The molecule has 0 aliphatic rings. The van der Waals surface area contributed by atoms with Gasteiger partial charge in [0.05, 0.1) is 20.9 Å². The molecular formula is C11H13BrN2O3S2. The Hall–Kier alpha value is -0.700. The molecule has 104 valence electrons. The molecule has 0 aliphatic carbocycles. The summed E-state index contributed by atoms with van der Waals surface area (Å²) in [5.41, 5.74) is 0.767. The summed E-state index contributed by atoms with van der Waals surface area (Å²) in [6.07, 6.45) is 0. The van der Waals surface area contributed by atoms with Crippen molar-refractivity contribution in [3.8, 4) is 0 Å². The first-order valence-electron chi connectivity index (χ1n) is 5.48. The predicted molar refractivity (Wildman–Crippen MR) is 76.8 cm³/mol. The van der Waals surface area contributed by atoms with Crippen molar-refractivity contribution >= 4 is 37.3 Å². The van der Waals surface area contributed by atoms with Gasteiger partial charge in [0.1, 0.15) is 5.76 Å². The molecule has 2 heterocycles. The van der Waals surface area contributed by atoms with Crippen LogP contribution in [0.2, 0.25) is 0 Å². The van der Waals surface area contributed by atoms with E-state index in [-0.39, 0.29) is 11.4 Å². The van der Waals surface area contributed by atoms with Gasteiger partial charge in [0.2, 0.25) is 15.9 Å². The quantitative estimate of drug-likeness (QED) is 0.904. The highest BCUT2D eigenvalue weighted by Crippen LogP contribution is 2.29. The van der Waals surface area contributed by atoms with Crippen LogP contribution in [0.4, 0.5) is 0 Å². The fourth-order valence-electron chi connectivity index (χ4n) is 1.55. The van der Waals surface area contributed by atoms with Crippen LogP contribution >= 0.6 is 27.3 Å². The Kier molecular flexibility index (Phi) is 4.14. The normalized spacial score (nSPS) is 12.0. The van der Waals surface area contributed by atoms with Crippen molar-refractivity contribution in [3.05, 3.63) is 32.1 Å².